The van der Waals surface area contributed by atoms with E-state index in [0.717, 1.165) is 11.3 Å². The van der Waals surface area contributed by atoms with Crippen LogP contribution < -0.4 is 10.6 Å². The van der Waals surface area contributed by atoms with Gasteiger partial charge < -0.3 is 10.6 Å². The highest BCUT2D eigenvalue weighted by atomic mass is 16.1. The Morgan fingerprint density at radius 3 is 2.95 bits per heavy atom. The van der Waals surface area contributed by atoms with Crippen molar-refractivity contribution >= 4 is 11.6 Å². The predicted molar refractivity (Wildman–Crippen MR) is 68.1 cm³/mol. The molecule has 1 atom stereocenters. The first kappa shape index (κ1) is 11.6. The molecule has 1 aliphatic heterocycles. The second kappa shape index (κ2) is 4.34. The second-order valence-corrected chi connectivity index (χ2v) is 4.60. The quantitative estimate of drug-likeness (QED) is 0.811. The molecule has 1 aromatic heterocycles. The summed E-state index contributed by atoms with van der Waals surface area (Å²) < 4.78 is 1.60. The Morgan fingerprint density at radius 2 is 2.26 bits per heavy atom. The van der Waals surface area contributed by atoms with Gasteiger partial charge in [-0.2, -0.15) is 0 Å². The molecule has 1 aliphatic rings. The number of carbonyl (C=O) groups excluding carboxylic acids is 1. The van der Waals surface area contributed by atoms with Crippen molar-refractivity contribution in [2.75, 3.05) is 4.90 Å². The van der Waals surface area contributed by atoms with Crippen molar-refractivity contribution in [2.24, 2.45) is 12.8 Å². The molecule has 7 heteroatoms. The molecule has 0 aliphatic carbocycles. The smallest absolute Gasteiger partial charge is 0.240 e. The number of rotatable bonds is 3. The molecule has 0 bridgehead atoms. The van der Waals surface area contributed by atoms with Gasteiger partial charge in [0, 0.05) is 19.2 Å². The van der Waals surface area contributed by atoms with Gasteiger partial charge in [-0.3, -0.25) is 4.79 Å². The molecule has 0 radical (unpaired) electrons. The lowest BCUT2D eigenvalue weighted by atomic mass is 10.1. The normalized spacial score (nSPS) is 17.5. The summed E-state index contributed by atoms with van der Waals surface area (Å²) in [5.41, 5.74) is 7.64. The Hall–Kier alpha value is -2.44. The molecule has 1 amide bonds. The molecular formula is C12H14N6O. The number of hydrogen-bond donors (Lipinski definition) is 1. The summed E-state index contributed by atoms with van der Waals surface area (Å²) in [4.78, 5) is 13.6. The van der Waals surface area contributed by atoms with Crippen molar-refractivity contribution < 1.29 is 4.79 Å². The largest absolute Gasteiger partial charge is 0.368 e. The number of para-hydroxylation sites is 1. The highest BCUT2D eigenvalue weighted by Gasteiger charge is 2.33. The molecule has 3 rings (SSSR count). The lowest BCUT2D eigenvalue weighted by Crippen LogP contribution is -2.42. The summed E-state index contributed by atoms with van der Waals surface area (Å²) in [5.74, 6) is 0.370. The number of aromatic nitrogens is 4. The van der Waals surface area contributed by atoms with Crippen LogP contribution in [0, 0.1) is 0 Å². The van der Waals surface area contributed by atoms with Gasteiger partial charge in [0.2, 0.25) is 5.91 Å². The maximum absolute atomic E-state index is 11.6. The van der Waals surface area contributed by atoms with Gasteiger partial charge in [-0.1, -0.05) is 18.2 Å². The van der Waals surface area contributed by atoms with E-state index in [4.69, 9.17) is 5.73 Å². The van der Waals surface area contributed by atoms with Gasteiger partial charge in [0.15, 0.2) is 5.82 Å². The molecule has 2 N–H and O–H groups in total. The Kier molecular flexibility index (Phi) is 2.66. The van der Waals surface area contributed by atoms with Crippen molar-refractivity contribution in [3.63, 3.8) is 0 Å². The molecule has 0 saturated heterocycles. The Labute approximate surface area is 110 Å². The van der Waals surface area contributed by atoms with Crippen molar-refractivity contribution in [1.29, 1.82) is 0 Å². The van der Waals surface area contributed by atoms with Crippen molar-refractivity contribution in [3.8, 4) is 0 Å². The summed E-state index contributed by atoms with van der Waals surface area (Å²) >= 11 is 0. The molecule has 7 nitrogen and oxygen atoms in total. The van der Waals surface area contributed by atoms with E-state index in [2.05, 4.69) is 15.5 Å². The fraction of sp³-hybridized carbons (Fsp3) is 0.333. The number of hydrogen-bond acceptors (Lipinski definition) is 5. The molecule has 98 valence electrons. The first-order chi connectivity index (χ1) is 9.16. The number of amides is 1. The summed E-state index contributed by atoms with van der Waals surface area (Å²) in [5, 5.41) is 11.4. The van der Waals surface area contributed by atoms with Crippen LogP contribution in [0.5, 0.6) is 0 Å². The van der Waals surface area contributed by atoms with E-state index < -0.39 is 0 Å². The van der Waals surface area contributed by atoms with E-state index in [1.54, 1.807) is 11.7 Å². The van der Waals surface area contributed by atoms with Crippen LogP contribution in [0.4, 0.5) is 5.69 Å². The average molecular weight is 258 g/mol. The van der Waals surface area contributed by atoms with Gasteiger partial charge in [0.1, 0.15) is 6.04 Å². The summed E-state index contributed by atoms with van der Waals surface area (Å²) in [6, 6.07) is 7.57. The van der Waals surface area contributed by atoms with E-state index in [0.29, 0.717) is 18.8 Å². The highest BCUT2D eigenvalue weighted by molar-refractivity contribution is 5.86. The first-order valence-corrected chi connectivity index (χ1v) is 6.02. The Balaban J connectivity index is 1.96. The minimum atomic E-state index is -0.339. The van der Waals surface area contributed by atoms with Crippen LogP contribution in [0.25, 0.3) is 0 Å². The third kappa shape index (κ3) is 1.92. The molecular weight excluding hydrogens is 244 g/mol. The van der Waals surface area contributed by atoms with Gasteiger partial charge in [0.25, 0.3) is 0 Å². The van der Waals surface area contributed by atoms with E-state index in [-0.39, 0.29) is 11.9 Å². The average Bonchev–Trinajstić information content (AvgIpc) is 2.95. The number of nitrogens with two attached hydrogens (primary N) is 1. The zero-order valence-electron chi connectivity index (χ0n) is 10.5. The van der Waals surface area contributed by atoms with Crippen molar-refractivity contribution in [3.05, 3.63) is 35.7 Å². The summed E-state index contributed by atoms with van der Waals surface area (Å²) in [6.45, 7) is 0.466. The maximum atomic E-state index is 11.6. The van der Waals surface area contributed by atoms with Gasteiger partial charge in [-0.15, -0.1) is 5.10 Å². The molecule has 2 aromatic rings. The molecule has 0 spiro atoms. The third-order valence-electron chi connectivity index (χ3n) is 3.44. The fourth-order valence-corrected chi connectivity index (χ4v) is 2.43. The van der Waals surface area contributed by atoms with E-state index in [1.807, 2.05) is 29.2 Å². The van der Waals surface area contributed by atoms with Crippen LogP contribution in [-0.2, 0) is 24.8 Å². The van der Waals surface area contributed by atoms with Gasteiger partial charge >= 0.3 is 0 Å². The number of anilines is 1. The van der Waals surface area contributed by atoms with Crippen LogP contribution in [0.2, 0.25) is 0 Å². The Bertz CT molecular complexity index is 622. The lowest BCUT2D eigenvalue weighted by Gasteiger charge is -2.24. The Morgan fingerprint density at radius 1 is 1.47 bits per heavy atom. The fourth-order valence-electron chi connectivity index (χ4n) is 2.43. The van der Waals surface area contributed by atoms with Crippen molar-refractivity contribution in [1.82, 2.24) is 20.2 Å². The molecule has 0 saturated carbocycles. The zero-order valence-corrected chi connectivity index (χ0v) is 10.5. The van der Waals surface area contributed by atoms with Crippen LogP contribution in [-0.4, -0.2) is 32.2 Å². The van der Waals surface area contributed by atoms with Gasteiger partial charge in [0.05, 0.1) is 6.54 Å². The van der Waals surface area contributed by atoms with E-state index in [1.165, 1.54) is 0 Å². The summed E-state index contributed by atoms with van der Waals surface area (Å²) in [6.07, 6.45) is 0.636. The van der Waals surface area contributed by atoms with Crippen LogP contribution >= 0.6 is 0 Å². The minimum absolute atomic E-state index is 0.327. The number of fused-ring (bicyclic) bond motifs is 1. The van der Waals surface area contributed by atoms with E-state index >= 15 is 0 Å². The predicted octanol–water partition coefficient (Wildman–Crippen LogP) is -0.373. The van der Waals surface area contributed by atoms with Crippen LogP contribution in [0.1, 0.15) is 11.4 Å². The lowest BCUT2D eigenvalue weighted by molar-refractivity contribution is -0.119. The topological polar surface area (TPSA) is 89.9 Å². The number of aryl methyl sites for hydroxylation is 1. The van der Waals surface area contributed by atoms with Crippen LogP contribution in [0.15, 0.2) is 24.3 Å². The number of carbonyl (C=O) groups is 1. The van der Waals surface area contributed by atoms with Crippen molar-refractivity contribution in [2.45, 2.75) is 19.0 Å². The number of primary amides is 1. The molecule has 2 heterocycles. The number of nitrogens with zero attached hydrogens (tertiary/aromatic N) is 5. The molecule has 0 unspecified atom stereocenters. The number of benzene rings is 1. The zero-order chi connectivity index (χ0) is 13.4. The second-order valence-electron chi connectivity index (χ2n) is 4.60. The van der Waals surface area contributed by atoms with Gasteiger partial charge in [-0.25, -0.2) is 4.68 Å². The minimum Gasteiger partial charge on any atom is -0.368 e. The van der Waals surface area contributed by atoms with Gasteiger partial charge in [-0.05, 0) is 22.1 Å². The highest BCUT2D eigenvalue weighted by Crippen LogP contribution is 2.32. The summed E-state index contributed by atoms with van der Waals surface area (Å²) in [7, 11) is 1.77. The molecule has 1 aromatic carbocycles. The third-order valence-corrected chi connectivity index (χ3v) is 3.44. The number of tetrazole rings is 1. The molecule has 0 fully saturated rings. The van der Waals surface area contributed by atoms with E-state index in [9.17, 15) is 4.79 Å². The SMILES string of the molecule is Cn1nnnc1CN1c2ccccc2C[C@H]1C(N)=O. The first-order valence-electron chi connectivity index (χ1n) is 6.02. The monoisotopic (exact) mass is 258 g/mol. The standard InChI is InChI=1S/C12H14N6O/c1-17-11(14-15-16-17)7-18-9-5-3-2-4-8(9)6-10(18)12(13)19/h2-5,10H,6-7H2,1H3,(H2,13,19)/t10-/m0/s1. The maximum Gasteiger partial charge on any atom is 0.240 e. The molecule has 19 heavy (non-hydrogen) atoms. The van der Waals surface area contributed by atoms with Crippen LogP contribution in [0.3, 0.4) is 0 Å².